The maximum atomic E-state index is 13.2. The molecule has 5 nitrogen and oxygen atoms in total. The normalized spacial score (nSPS) is 15.0. The number of carbonyl (C=O) groups excluding carboxylic acids is 2. The summed E-state index contributed by atoms with van der Waals surface area (Å²) >= 11 is 0. The topological polar surface area (TPSA) is 55.8 Å². The van der Waals surface area contributed by atoms with Gasteiger partial charge in [-0.25, -0.2) is 4.79 Å². The van der Waals surface area contributed by atoms with Crippen LogP contribution in [0.3, 0.4) is 0 Å². The van der Waals surface area contributed by atoms with Crippen molar-refractivity contribution >= 4 is 18.0 Å². The standard InChI is InChI=1S/C25H25NO4/c1-5-13-30-21-8-6-7-20(14-21)15-22-23(25(28)29-4)18(3)26(24(22)27)16-19-11-9-17(2)10-12-19/h5-12,14-15H,1,13,16H2,2-4H3/b22-15-. The number of hydrogen-bond donors (Lipinski definition) is 0. The molecule has 0 fully saturated rings. The second kappa shape index (κ2) is 9.27. The predicted octanol–water partition coefficient (Wildman–Crippen LogP) is 4.43. The molecule has 0 aromatic heterocycles. The Balaban J connectivity index is 1.97. The number of hydrogen-bond acceptors (Lipinski definition) is 4. The van der Waals surface area contributed by atoms with E-state index >= 15 is 0 Å². The van der Waals surface area contributed by atoms with Gasteiger partial charge in [0.15, 0.2) is 0 Å². The van der Waals surface area contributed by atoms with Crippen LogP contribution in [0.15, 0.2) is 78.0 Å². The van der Waals surface area contributed by atoms with Gasteiger partial charge in [0.1, 0.15) is 12.4 Å². The van der Waals surface area contributed by atoms with Crippen LogP contribution in [-0.4, -0.2) is 30.5 Å². The monoisotopic (exact) mass is 403 g/mol. The minimum atomic E-state index is -0.530. The summed E-state index contributed by atoms with van der Waals surface area (Å²) in [5.74, 6) is -0.102. The van der Waals surface area contributed by atoms with Crippen LogP contribution in [-0.2, 0) is 20.9 Å². The molecular formula is C25H25NO4. The minimum absolute atomic E-state index is 0.231. The lowest BCUT2D eigenvalue weighted by Gasteiger charge is -2.18. The van der Waals surface area contributed by atoms with E-state index in [1.807, 2.05) is 55.5 Å². The van der Waals surface area contributed by atoms with Gasteiger partial charge in [-0.15, -0.1) is 0 Å². The van der Waals surface area contributed by atoms with Crippen molar-refractivity contribution in [3.8, 4) is 5.75 Å². The predicted molar refractivity (Wildman–Crippen MR) is 117 cm³/mol. The molecule has 0 aliphatic carbocycles. The van der Waals surface area contributed by atoms with Crippen LogP contribution >= 0.6 is 0 Å². The average molecular weight is 403 g/mol. The van der Waals surface area contributed by atoms with Gasteiger partial charge in [0.2, 0.25) is 0 Å². The molecule has 0 radical (unpaired) electrons. The number of allylic oxidation sites excluding steroid dienone is 1. The van der Waals surface area contributed by atoms with Crippen molar-refractivity contribution in [2.45, 2.75) is 20.4 Å². The van der Waals surface area contributed by atoms with Crippen LogP contribution in [0.4, 0.5) is 0 Å². The summed E-state index contributed by atoms with van der Waals surface area (Å²) in [5, 5.41) is 0. The number of nitrogens with zero attached hydrogens (tertiary/aromatic N) is 1. The number of rotatable bonds is 7. The number of amides is 1. The van der Waals surface area contributed by atoms with Crippen LogP contribution in [0.2, 0.25) is 0 Å². The van der Waals surface area contributed by atoms with E-state index in [2.05, 4.69) is 6.58 Å². The van der Waals surface area contributed by atoms with Gasteiger partial charge >= 0.3 is 5.97 Å². The second-order valence-electron chi connectivity index (χ2n) is 7.06. The van der Waals surface area contributed by atoms with Gasteiger partial charge in [-0.05, 0) is 43.2 Å². The van der Waals surface area contributed by atoms with E-state index < -0.39 is 5.97 Å². The Bertz CT molecular complexity index is 1030. The van der Waals surface area contributed by atoms with Crippen molar-refractivity contribution in [2.75, 3.05) is 13.7 Å². The fraction of sp³-hybridized carbons (Fsp3) is 0.200. The van der Waals surface area contributed by atoms with Gasteiger partial charge in [0.25, 0.3) is 5.91 Å². The first-order chi connectivity index (χ1) is 14.4. The van der Waals surface area contributed by atoms with Gasteiger partial charge in [0, 0.05) is 5.70 Å². The van der Waals surface area contributed by atoms with E-state index in [4.69, 9.17) is 9.47 Å². The third-order valence-electron chi connectivity index (χ3n) is 4.90. The molecule has 0 saturated heterocycles. The summed E-state index contributed by atoms with van der Waals surface area (Å²) in [4.78, 5) is 27.3. The number of carbonyl (C=O) groups is 2. The maximum Gasteiger partial charge on any atom is 0.340 e. The Morgan fingerprint density at radius 3 is 2.53 bits per heavy atom. The molecule has 5 heteroatoms. The third-order valence-corrected chi connectivity index (χ3v) is 4.90. The maximum absolute atomic E-state index is 13.2. The van der Waals surface area contributed by atoms with Crippen molar-refractivity contribution in [3.63, 3.8) is 0 Å². The van der Waals surface area contributed by atoms with E-state index in [0.717, 1.165) is 16.7 Å². The van der Waals surface area contributed by atoms with Crippen molar-refractivity contribution < 1.29 is 19.1 Å². The lowest BCUT2D eigenvalue weighted by atomic mass is 10.0. The zero-order valence-corrected chi connectivity index (χ0v) is 17.5. The molecule has 1 aliphatic rings. The molecule has 2 aromatic carbocycles. The SMILES string of the molecule is C=CCOc1cccc(/C=C2\C(=O)N(Cc3ccc(C)cc3)C(C)=C2C(=O)OC)c1. The fourth-order valence-corrected chi connectivity index (χ4v) is 3.31. The molecule has 30 heavy (non-hydrogen) atoms. The Labute approximate surface area is 176 Å². The second-order valence-corrected chi connectivity index (χ2v) is 7.06. The smallest absolute Gasteiger partial charge is 0.340 e. The van der Waals surface area contributed by atoms with E-state index in [-0.39, 0.29) is 11.5 Å². The summed E-state index contributed by atoms with van der Waals surface area (Å²) in [6.45, 7) is 8.19. The van der Waals surface area contributed by atoms with Gasteiger partial charge in [-0.1, -0.05) is 54.6 Å². The van der Waals surface area contributed by atoms with Crippen molar-refractivity contribution in [1.29, 1.82) is 0 Å². The zero-order valence-electron chi connectivity index (χ0n) is 17.5. The van der Waals surface area contributed by atoms with Gasteiger partial charge in [0.05, 0.1) is 24.8 Å². The van der Waals surface area contributed by atoms with Crippen LogP contribution < -0.4 is 4.74 Å². The molecule has 0 atom stereocenters. The van der Waals surface area contributed by atoms with Crippen molar-refractivity contribution in [2.24, 2.45) is 0 Å². The van der Waals surface area contributed by atoms with Gasteiger partial charge in [-0.2, -0.15) is 0 Å². The molecule has 0 spiro atoms. The first-order valence-corrected chi connectivity index (χ1v) is 9.67. The number of ether oxygens (including phenoxy) is 2. The van der Waals surface area contributed by atoms with Gasteiger partial charge in [-0.3, -0.25) is 4.79 Å². The Kier molecular flexibility index (Phi) is 6.52. The van der Waals surface area contributed by atoms with E-state index in [0.29, 0.717) is 30.2 Å². The summed E-state index contributed by atoms with van der Waals surface area (Å²) in [6, 6.07) is 15.3. The summed E-state index contributed by atoms with van der Waals surface area (Å²) in [7, 11) is 1.32. The van der Waals surface area contributed by atoms with Crippen molar-refractivity contribution in [1.82, 2.24) is 4.90 Å². The Hall–Kier alpha value is -3.60. The molecule has 1 heterocycles. The van der Waals surface area contributed by atoms with Crippen LogP contribution in [0.1, 0.15) is 23.6 Å². The van der Waals surface area contributed by atoms with Crippen LogP contribution in [0, 0.1) is 6.92 Å². The molecule has 1 aliphatic heterocycles. The molecule has 3 rings (SSSR count). The Morgan fingerprint density at radius 1 is 1.13 bits per heavy atom. The average Bonchev–Trinajstić information content (AvgIpc) is 2.97. The quantitative estimate of drug-likeness (QED) is 0.390. The highest BCUT2D eigenvalue weighted by molar-refractivity contribution is 6.16. The molecule has 1 amide bonds. The van der Waals surface area contributed by atoms with E-state index in [1.165, 1.54) is 7.11 Å². The molecule has 0 saturated carbocycles. The first kappa shape index (κ1) is 21.1. The van der Waals surface area contributed by atoms with Crippen molar-refractivity contribution in [3.05, 3.63) is 94.7 Å². The number of methoxy groups -OCH3 is 1. The lowest BCUT2D eigenvalue weighted by molar-refractivity contribution is -0.136. The molecule has 2 aromatic rings. The largest absolute Gasteiger partial charge is 0.490 e. The van der Waals surface area contributed by atoms with Crippen LogP contribution in [0.5, 0.6) is 5.75 Å². The Morgan fingerprint density at radius 2 is 1.87 bits per heavy atom. The summed E-state index contributed by atoms with van der Waals surface area (Å²) in [5.41, 5.74) is 4.06. The highest BCUT2D eigenvalue weighted by atomic mass is 16.5. The molecule has 0 N–H and O–H groups in total. The highest BCUT2D eigenvalue weighted by Crippen LogP contribution is 2.33. The highest BCUT2D eigenvalue weighted by Gasteiger charge is 2.36. The van der Waals surface area contributed by atoms with Crippen LogP contribution in [0.25, 0.3) is 6.08 Å². The molecule has 0 bridgehead atoms. The summed E-state index contributed by atoms with van der Waals surface area (Å²) < 4.78 is 10.5. The third kappa shape index (κ3) is 4.51. The number of benzene rings is 2. The molecule has 154 valence electrons. The van der Waals surface area contributed by atoms with Gasteiger partial charge < -0.3 is 14.4 Å². The number of esters is 1. The molecule has 0 unspecified atom stereocenters. The fourth-order valence-electron chi connectivity index (χ4n) is 3.31. The zero-order chi connectivity index (χ0) is 21.7. The first-order valence-electron chi connectivity index (χ1n) is 9.67. The summed E-state index contributed by atoms with van der Waals surface area (Å²) in [6.07, 6.45) is 3.37. The lowest BCUT2D eigenvalue weighted by Crippen LogP contribution is -2.24. The number of aryl methyl sites for hydroxylation is 1. The minimum Gasteiger partial charge on any atom is -0.490 e. The van der Waals surface area contributed by atoms with E-state index in [9.17, 15) is 9.59 Å². The molecular weight excluding hydrogens is 378 g/mol. The van der Waals surface area contributed by atoms with E-state index in [1.54, 1.807) is 24.0 Å².